The van der Waals surface area contributed by atoms with E-state index in [0.29, 0.717) is 36.5 Å². The highest BCUT2D eigenvalue weighted by molar-refractivity contribution is 6.30. The molecule has 1 aromatic carbocycles. The van der Waals surface area contributed by atoms with Crippen LogP contribution in [0.15, 0.2) is 28.8 Å². The van der Waals surface area contributed by atoms with Gasteiger partial charge in [-0.2, -0.15) is 0 Å². The molecular weight excluding hydrogens is 440 g/mol. The van der Waals surface area contributed by atoms with E-state index < -0.39 is 0 Å². The Morgan fingerprint density at radius 2 is 1.88 bits per heavy atom. The van der Waals surface area contributed by atoms with Crippen molar-refractivity contribution in [2.45, 2.75) is 57.5 Å². The summed E-state index contributed by atoms with van der Waals surface area (Å²) >= 11 is 6.34. The molecule has 3 heterocycles. The first-order valence-electron chi connectivity index (χ1n) is 11.5. The predicted molar refractivity (Wildman–Crippen MR) is 124 cm³/mol. The van der Waals surface area contributed by atoms with Crippen LogP contribution in [0.1, 0.15) is 66.2 Å². The van der Waals surface area contributed by atoms with E-state index in [1.807, 2.05) is 55.1 Å². The number of likely N-dealkylation sites (N-methyl/N-ethyl adjacent to an activating group) is 1. The topological polar surface area (TPSA) is 80.3 Å². The standard InChI is InChI=1S/C24H29ClN6O2/c1-15-10-20(28-33-15)16-4-6-17(7-5-16)24-27-26-22-13-30(23(32)14-29(2)3)12-18-11-19(25)8-9-21(18)31(22)24/h8-11,16-17H,4-7,12-14H2,1-3H3/t16-,17-. The number of benzene rings is 1. The minimum Gasteiger partial charge on any atom is -0.361 e. The number of aryl methyl sites for hydroxylation is 1. The van der Waals surface area contributed by atoms with E-state index in [0.717, 1.165) is 60.0 Å². The van der Waals surface area contributed by atoms with Gasteiger partial charge in [0.25, 0.3) is 0 Å². The Kier molecular flexibility index (Phi) is 5.97. The number of hydrogen-bond donors (Lipinski definition) is 0. The van der Waals surface area contributed by atoms with E-state index in [-0.39, 0.29) is 5.91 Å². The minimum absolute atomic E-state index is 0.0624. The van der Waals surface area contributed by atoms with Crippen LogP contribution in [0.2, 0.25) is 5.02 Å². The number of rotatable bonds is 4. The van der Waals surface area contributed by atoms with Crippen LogP contribution in [-0.2, 0) is 17.9 Å². The fourth-order valence-electron chi connectivity index (χ4n) is 5.06. The molecule has 0 atom stereocenters. The van der Waals surface area contributed by atoms with Gasteiger partial charge in [-0.1, -0.05) is 16.8 Å². The molecule has 0 spiro atoms. The molecule has 0 unspecified atom stereocenters. The summed E-state index contributed by atoms with van der Waals surface area (Å²) in [4.78, 5) is 16.7. The van der Waals surface area contributed by atoms with E-state index in [2.05, 4.69) is 19.9 Å². The van der Waals surface area contributed by atoms with Crippen molar-refractivity contribution in [3.8, 4) is 5.69 Å². The summed E-state index contributed by atoms with van der Waals surface area (Å²) in [6, 6.07) is 7.93. The molecule has 1 aliphatic heterocycles. The summed E-state index contributed by atoms with van der Waals surface area (Å²) in [6.07, 6.45) is 4.11. The highest BCUT2D eigenvalue weighted by Gasteiger charge is 2.32. The van der Waals surface area contributed by atoms with Crippen LogP contribution in [0.3, 0.4) is 0 Å². The summed E-state index contributed by atoms with van der Waals surface area (Å²) in [5.41, 5.74) is 3.09. The molecule has 5 rings (SSSR count). The van der Waals surface area contributed by atoms with Crippen molar-refractivity contribution in [1.29, 1.82) is 0 Å². The molecule has 0 N–H and O–H groups in total. The van der Waals surface area contributed by atoms with Crippen LogP contribution in [0.25, 0.3) is 5.69 Å². The number of carbonyl (C=O) groups is 1. The zero-order chi connectivity index (χ0) is 23.1. The number of nitrogens with zero attached hydrogens (tertiary/aromatic N) is 6. The van der Waals surface area contributed by atoms with E-state index in [1.54, 1.807) is 0 Å². The number of amides is 1. The highest BCUT2D eigenvalue weighted by atomic mass is 35.5. The predicted octanol–water partition coefficient (Wildman–Crippen LogP) is 4.06. The van der Waals surface area contributed by atoms with Crippen molar-refractivity contribution in [2.24, 2.45) is 0 Å². The number of halogens is 1. The fraction of sp³-hybridized carbons (Fsp3) is 0.500. The second-order valence-electron chi connectivity index (χ2n) is 9.48. The van der Waals surface area contributed by atoms with Gasteiger partial charge in [0.15, 0.2) is 5.82 Å². The average molecular weight is 469 g/mol. The Hall–Kier alpha value is -2.71. The normalized spacial score (nSPS) is 20.5. The molecule has 0 saturated heterocycles. The van der Waals surface area contributed by atoms with Gasteiger partial charge in [-0.3, -0.25) is 9.36 Å². The van der Waals surface area contributed by atoms with E-state index in [9.17, 15) is 4.79 Å². The first-order chi connectivity index (χ1) is 15.9. The Balaban J connectivity index is 1.45. The largest absolute Gasteiger partial charge is 0.361 e. The summed E-state index contributed by atoms with van der Waals surface area (Å²) in [6.45, 7) is 3.22. The first-order valence-corrected chi connectivity index (χ1v) is 11.9. The summed E-state index contributed by atoms with van der Waals surface area (Å²) in [7, 11) is 3.80. The molecule has 1 saturated carbocycles. The second kappa shape index (κ2) is 8.91. The molecule has 2 aromatic heterocycles. The first kappa shape index (κ1) is 22.1. The maximum Gasteiger partial charge on any atom is 0.237 e. The van der Waals surface area contributed by atoms with Gasteiger partial charge in [0, 0.05) is 29.5 Å². The maximum absolute atomic E-state index is 12.9. The fourth-order valence-corrected chi connectivity index (χ4v) is 5.26. The molecule has 8 nitrogen and oxygen atoms in total. The Labute approximate surface area is 198 Å². The van der Waals surface area contributed by atoms with E-state index in [4.69, 9.17) is 16.1 Å². The maximum atomic E-state index is 12.9. The minimum atomic E-state index is 0.0624. The lowest BCUT2D eigenvalue weighted by atomic mass is 9.80. The number of aromatic nitrogens is 4. The molecule has 3 aromatic rings. The van der Waals surface area contributed by atoms with E-state index >= 15 is 0 Å². The molecule has 0 bridgehead atoms. The van der Waals surface area contributed by atoms with Gasteiger partial charge in [-0.05, 0) is 70.5 Å². The Bertz CT molecular complexity index is 1160. The van der Waals surface area contributed by atoms with Gasteiger partial charge in [-0.25, -0.2) is 0 Å². The molecule has 1 amide bonds. The molecule has 2 aliphatic rings. The third kappa shape index (κ3) is 4.42. The van der Waals surface area contributed by atoms with Gasteiger partial charge >= 0.3 is 0 Å². The lowest BCUT2D eigenvalue weighted by Crippen LogP contribution is -2.36. The van der Waals surface area contributed by atoms with Gasteiger partial charge < -0.3 is 14.3 Å². The molecule has 1 aliphatic carbocycles. The van der Waals surface area contributed by atoms with Crippen molar-refractivity contribution in [2.75, 3.05) is 20.6 Å². The van der Waals surface area contributed by atoms with Crippen LogP contribution in [0.4, 0.5) is 0 Å². The molecule has 174 valence electrons. The lowest BCUT2D eigenvalue weighted by molar-refractivity contribution is -0.133. The second-order valence-corrected chi connectivity index (χ2v) is 9.92. The monoisotopic (exact) mass is 468 g/mol. The Morgan fingerprint density at radius 3 is 2.58 bits per heavy atom. The van der Waals surface area contributed by atoms with Crippen molar-refractivity contribution in [3.63, 3.8) is 0 Å². The zero-order valence-corrected chi connectivity index (χ0v) is 20.0. The number of fused-ring (bicyclic) bond motifs is 3. The number of carbonyl (C=O) groups excluding carboxylic acids is 1. The van der Waals surface area contributed by atoms with Crippen molar-refractivity contribution < 1.29 is 9.32 Å². The zero-order valence-electron chi connectivity index (χ0n) is 19.3. The highest BCUT2D eigenvalue weighted by Crippen LogP contribution is 2.41. The molecule has 33 heavy (non-hydrogen) atoms. The summed E-state index contributed by atoms with van der Waals surface area (Å²) in [5.74, 6) is 3.43. The van der Waals surface area contributed by atoms with Gasteiger partial charge in [-0.15, -0.1) is 10.2 Å². The number of hydrogen-bond acceptors (Lipinski definition) is 6. The summed E-state index contributed by atoms with van der Waals surface area (Å²) < 4.78 is 7.45. The third-order valence-electron chi connectivity index (χ3n) is 6.69. The van der Waals surface area contributed by atoms with Crippen LogP contribution in [-0.4, -0.2) is 56.3 Å². The van der Waals surface area contributed by atoms with Gasteiger partial charge in [0.1, 0.15) is 11.6 Å². The van der Waals surface area contributed by atoms with Gasteiger partial charge in [0.05, 0.1) is 24.5 Å². The SMILES string of the molecule is Cc1cc([C@H]2CC[C@H](c3nnc4n3-c3ccc(Cl)cc3CN(C(=O)CN(C)C)C4)CC2)no1. The molecular formula is C24H29ClN6O2. The third-order valence-corrected chi connectivity index (χ3v) is 6.93. The lowest BCUT2D eigenvalue weighted by Gasteiger charge is -2.27. The summed E-state index contributed by atoms with van der Waals surface area (Å²) in [5, 5.41) is 14.1. The van der Waals surface area contributed by atoms with Crippen LogP contribution >= 0.6 is 11.6 Å². The van der Waals surface area contributed by atoms with Crippen LogP contribution < -0.4 is 0 Å². The average Bonchev–Trinajstić information content (AvgIpc) is 3.36. The molecule has 1 fully saturated rings. The van der Waals surface area contributed by atoms with Crippen LogP contribution in [0.5, 0.6) is 0 Å². The van der Waals surface area contributed by atoms with Gasteiger partial charge in [0.2, 0.25) is 5.91 Å². The van der Waals surface area contributed by atoms with E-state index in [1.165, 1.54) is 0 Å². The van der Waals surface area contributed by atoms with Crippen molar-refractivity contribution in [1.82, 2.24) is 29.7 Å². The van der Waals surface area contributed by atoms with Crippen molar-refractivity contribution in [3.05, 3.63) is 58.0 Å². The van der Waals surface area contributed by atoms with Crippen molar-refractivity contribution >= 4 is 17.5 Å². The molecule has 0 radical (unpaired) electrons. The van der Waals surface area contributed by atoms with Crippen LogP contribution in [0, 0.1) is 6.92 Å². The smallest absolute Gasteiger partial charge is 0.237 e. The Morgan fingerprint density at radius 1 is 1.12 bits per heavy atom. The molecule has 9 heteroatoms. The quantitative estimate of drug-likeness (QED) is 0.574.